The molecule has 0 atom stereocenters. The van der Waals surface area contributed by atoms with Gasteiger partial charge in [0, 0.05) is 18.8 Å². The minimum Gasteiger partial charge on any atom is -0.497 e. The van der Waals surface area contributed by atoms with Crippen molar-refractivity contribution in [1.82, 2.24) is 4.90 Å². The number of carbonyl (C=O) groups is 3. The topological polar surface area (TPSA) is 84.9 Å². The average molecular weight is 424 g/mol. The quantitative estimate of drug-likeness (QED) is 0.691. The van der Waals surface area contributed by atoms with Gasteiger partial charge in [0.1, 0.15) is 5.75 Å². The van der Waals surface area contributed by atoms with E-state index in [1.54, 1.807) is 24.3 Å². The van der Waals surface area contributed by atoms with Gasteiger partial charge in [0.25, 0.3) is 5.91 Å². The number of hydrogen-bond acceptors (Lipinski definition) is 5. The average Bonchev–Trinajstić information content (AvgIpc) is 2.71. The molecule has 0 aliphatic heterocycles. The van der Waals surface area contributed by atoms with E-state index in [0.717, 1.165) is 23.1 Å². The largest absolute Gasteiger partial charge is 0.497 e. The van der Waals surface area contributed by atoms with Crippen LogP contribution < -0.4 is 10.1 Å². The fourth-order valence-corrected chi connectivity index (χ4v) is 2.35. The molecule has 0 saturated carbocycles. The summed E-state index contributed by atoms with van der Waals surface area (Å²) in [5.74, 6) is -1.73. The van der Waals surface area contributed by atoms with Crippen LogP contribution in [0.2, 0.25) is 0 Å². The normalized spacial score (nSPS) is 10.8. The Balaban J connectivity index is 1.86. The standard InChI is InChI=1S/C20H19F3N2O5/c1-25(11-17(26)24-15-7-4-8-16(10-15)29-2)18(27)12-30-19(28)13-5-3-6-14(9-13)20(21,22)23/h3-10H,11-12H2,1-2H3,(H,24,26). The predicted molar refractivity (Wildman–Crippen MR) is 101 cm³/mol. The number of benzene rings is 2. The van der Waals surface area contributed by atoms with E-state index in [0.29, 0.717) is 17.5 Å². The van der Waals surface area contributed by atoms with Crippen LogP contribution in [-0.4, -0.2) is 50.0 Å². The van der Waals surface area contributed by atoms with Gasteiger partial charge in [-0.3, -0.25) is 9.59 Å². The Bertz CT molecular complexity index is 931. The summed E-state index contributed by atoms with van der Waals surface area (Å²) in [5, 5.41) is 2.59. The van der Waals surface area contributed by atoms with Gasteiger partial charge in [0.15, 0.2) is 6.61 Å². The van der Waals surface area contributed by atoms with Crippen molar-refractivity contribution in [3.05, 3.63) is 59.7 Å². The van der Waals surface area contributed by atoms with Crippen molar-refractivity contribution in [3.63, 3.8) is 0 Å². The smallest absolute Gasteiger partial charge is 0.416 e. The van der Waals surface area contributed by atoms with Crippen molar-refractivity contribution in [2.24, 2.45) is 0 Å². The Morgan fingerprint density at radius 1 is 1.07 bits per heavy atom. The van der Waals surface area contributed by atoms with Crippen LogP contribution in [-0.2, 0) is 20.5 Å². The molecule has 0 aliphatic rings. The summed E-state index contributed by atoms with van der Waals surface area (Å²) in [4.78, 5) is 37.1. The molecule has 10 heteroatoms. The Morgan fingerprint density at radius 2 is 1.77 bits per heavy atom. The van der Waals surface area contributed by atoms with Gasteiger partial charge in [0.2, 0.25) is 5.91 Å². The van der Waals surface area contributed by atoms with Gasteiger partial charge in [-0.15, -0.1) is 0 Å². The maximum atomic E-state index is 12.7. The number of esters is 1. The van der Waals surface area contributed by atoms with Crippen LogP contribution in [0.4, 0.5) is 18.9 Å². The van der Waals surface area contributed by atoms with Crippen LogP contribution in [0.1, 0.15) is 15.9 Å². The molecule has 0 spiro atoms. The van der Waals surface area contributed by atoms with Crippen LogP contribution in [0.3, 0.4) is 0 Å². The molecule has 0 aliphatic carbocycles. The molecule has 0 saturated heterocycles. The van der Waals surface area contributed by atoms with Gasteiger partial charge in [-0.25, -0.2) is 4.79 Å². The number of hydrogen-bond donors (Lipinski definition) is 1. The Kier molecular flexibility index (Phi) is 7.40. The minimum atomic E-state index is -4.61. The first-order valence-electron chi connectivity index (χ1n) is 8.62. The molecule has 0 radical (unpaired) electrons. The zero-order valence-corrected chi connectivity index (χ0v) is 16.2. The summed E-state index contributed by atoms with van der Waals surface area (Å²) in [6.45, 7) is -1.05. The summed E-state index contributed by atoms with van der Waals surface area (Å²) in [5.41, 5.74) is -0.873. The minimum absolute atomic E-state index is 0.322. The lowest BCUT2D eigenvalue weighted by Gasteiger charge is -2.17. The Hall–Kier alpha value is -3.56. The number of carbonyl (C=O) groups excluding carboxylic acids is 3. The first kappa shape index (κ1) is 22.7. The molecule has 7 nitrogen and oxygen atoms in total. The first-order chi connectivity index (χ1) is 14.1. The van der Waals surface area contributed by atoms with E-state index in [-0.39, 0.29) is 12.1 Å². The highest BCUT2D eigenvalue weighted by Crippen LogP contribution is 2.29. The first-order valence-corrected chi connectivity index (χ1v) is 8.62. The second-order valence-corrected chi connectivity index (χ2v) is 6.18. The summed E-state index contributed by atoms with van der Waals surface area (Å²) in [6.07, 6.45) is -4.61. The third kappa shape index (κ3) is 6.50. The number of anilines is 1. The van der Waals surface area contributed by atoms with Crippen molar-refractivity contribution in [3.8, 4) is 5.75 Å². The lowest BCUT2D eigenvalue weighted by Crippen LogP contribution is -2.37. The number of amides is 2. The highest BCUT2D eigenvalue weighted by Gasteiger charge is 2.31. The van der Waals surface area contributed by atoms with Crippen LogP contribution >= 0.6 is 0 Å². The molecule has 0 unspecified atom stereocenters. The van der Waals surface area contributed by atoms with Gasteiger partial charge < -0.3 is 19.7 Å². The van der Waals surface area contributed by atoms with Crippen molar-refractivity contribution in [2.45, 2.75) is 6.18 Å². The number of ether oxygens (including phenoxy) is 2. The van der Waals surface area contributed by atoms with E-state index >= 15 is 0 Å². The van der Waals surface area contributed by atoms with Crippen LogP contribution in [0.15, 0.2) is 48.5 Å². The number of likely N-dealkylation sites (N-methyl/N-ethyl adjacent to an activating group) is 1. The summed E-state index contributed by atoms with van der Waals surface area (Å²) in [7, 11) is 2.81. The highest BCUT2D eigenvalue weighted by atomic mass is 19.4. The maximum absolute atomic E-state index is 12.7. The zero-order valence-electron chi connectivity index (χ0n) is 16.2. The monoisotopic (exact) mass is 424 g/mol. The van der Waals surface area contributed by atoms with Crippen molar-refractivity contribution in [1.29, 1.82) is 0 Å². The molecule has 2 amide bonds. The number of nitrogens with zero attached hydrogens (tertiary/aromatic N) is 1. The fourth-order valence-electron chi connectivity index (χ4n) is 2.35. The molecule has 2 rings (SSSR count). The van der Waals surface area contributed by atoms with E-state index in [1.165, 1.54) is 14.2 Å². The molecule has 160 valence electrons. The molecule has 0 bridgehead atoms. The Morgan fingerprint density at radius 3 is 2.43 bits per heavy atom. The fraction of sp³-hybridized carbons (Fsp3) is 0.250. The van der Waals surface area contributed by atoms with Crippen molar-refractivity contribution in [2.75, 3.05) is 32.6 Å². The number of nitrogens with one attached hydrogen (secondary N) is 1. The van der Waals surface area contributed by atoms with Crippen LogP contribution in [0, 0.1) is 0 Å². The molecule has 0 fully saturated rings. The Labute approximate surface area is 170 Å². The third-order valence-corrected chi connectivity index (χ3v) is 3.91. The molecular weight excluding hydrogens is 405 g/mol. The molecule has 2 aromatic rings. The lowest BCUT2D eigenvalue weighted by molar-refractivity contribution is -0.137. The third-order valence-electron chi connectivity index (χ3n) is 3.91. The second kappa shape index (κ2) is 9.77. The molecule has 0 aromatic heterocycles. The van der Waals surface area contributed by atoms with Gasteiger partial charge >= 0.3 is 12.1 Å². The second-order valence-electron chi connectivity index (χ2n) is 6.18. The maximum Gasteiger partial charge on any atom is 0.416 e. The number of alkyl halides is 3. The van der Waals surface area contributed by atoms with E-state index in [2.05, 4.69) is 5.32 Å². The highest BCUT2D eigenvalue weighted by molar-refractivity contribution is 5.95. The van der Waals surface area contributed by atoms with Crippen molar-refractivity contribution < 1.29 is 37.0 Å². The molecule has 0 heterocycles. The SMILES string of the molecule is COc1cccc(NC(=O)CN(C)C(=O)COC(=O)c2cccc(C(F)(F)F)c2)c1. The van der Waals surface area contributed by atoms with Gasteiger partial charge in [-0.05, 0) is 30.3 Å². The molecule has 1 N–H and O–H groups in total. The van der Waals surface area contributed by atoms with Crippen LogP contribution in [0.25, 0.3) is 0 Å². The number of methoxy groups -OCH3 is 1. The summed E-state index contributed by atoms with van der Waals surface area (Å²) < 4.78 is 47.9. The van der Waals surface area contributed by atoms with E-state index < -0.39 is 36.1 Å². The van der Waals surface area contributed by atoms with Crippen LogP contribution in [0.5, 0.6) is 5.75 Å². The van der Waals surface area contributed by atoms with E-state index in [1.807, 2.05) is 0 Å². The zero-order chi connectivity index (χ0) is 22.3. The van der Waals surface area contributed by atoms with Gasteiger partial charge in [-0.2, -0.15) is 13.2 Å². The predicted octanol–water partition coefficient (Wildman–Crippen LogP) is 2.97. The number of rotatable bonds is 7. The summed E-state index contributed by atoms with van der Waals surface area (Å²) in [6, 6.07) is 10.3. The van der Waals surface area contributed by atoms with Gasteiger partial charge in [0.05, 0.1) is 24.8 Å². The van der Waals surface area contributed by atoms with E-state index in [4.69, 9.17) is 9.47 Å². The molecule has 30 heavy (non-hydrogen) atoms. The lowest BCUT2D eigenvalue weighted by atomic mass is 10.1. The van der Waals surface area contributed by atoms with Crippen molar-refractivity contribution >= 4 is 23.5 Å². The molecule has 2 aromatic carbocycles. The summed E-state index contributed by atoms with van der Waals surface area (Å²) >= 11 is 0. The van der Waals surface area contributed by atoms with E-state index in [9.17, 15) is 27.6 Å². The molecular formula is C20H19F3N2O5. The van der Waals surface area contributed by atoms with Gasteiger partial charge in [-0.1, -0.05) is 12.1 Å². The number of halogens is 3.